The number of amides is 3. The SMILES string of the molecule is NC(CO)C(=O)NC(Cc1c[nH]c2ccccc12)C(=O)NC(CCC(=O)O)C(=O)NC(Cc1cnc[nH]1)C(=O)O. The Morgan fingerprint density at radius 2 is 1.57 bits per heavy atom. The van der Waals surface area contributed by atoms with E-state index in [2.05, 4.69) is 30.9 Å². The van der Waals surface area contributed by atoms with Gasteiger partial charge >= 0.3 is 11.9 Å². The van der Waals surface area contributed by atoms with Gasteiger partial charge in [0.25, 0.3) is 0 Å². The number of aliphatic hydroxyl groups excluding tert-OH is 1. The predicted octanol–water partition coefficient (Wildman–Crippen LogP) is -1.60. The first kappa shape index (κ1) is 29.8. The molecule has 15 nitrogen and oxygen atoms in total. The van der Waals surface area contributed by atoms with Crippen molar-refractivity contribution < 1.29 is 39.3 Å². The minimum absolute atomic E-state index is 0.0371. The van der Waals surface area contributed by atoms with Gasteiger partial charge in [-0.2, -0.15) is 0 Å². The maximum absolute atomic E-state index is 13.4. The molecular formula is C25H31N7O8. The highest BCUT2D eigenvalue weighted by atomic mass is 16.4. The number of aliphatic carboxylic acids is 2. The number of rotatable bonds is 15. The summed E-state index contributed by atoms with van der Waals surface area (Å²) in [5, 5.41) is 36.0. The van der Waals surface area contributed by atoms with Crippen LogP contribution >= 0.6 is 0 Å². The van der Waals surface area contributed by atoms with Gasteiger partial charge in [0.05, 0.1) is 12.9 Å². The fraction of sp³-hybridized carbons (Fsp3) is 0.360. The Labute approximate surface area is 227 Å². The molecule has 0 aliphatic rings. The van der Waals surface area contributed by atoms with Crippen LogP contribution in [-0.2, 0) is 36.8 Å². The van der Waals surface area contributed by atoms with Crippen molar-refractivity contribution >= 4 is 40.6 Å². The lowest BCUT2D eigenvalue weighted by atomic mass is 10.0. The second-order valence-electron chi connectivity index (χ2n) is 9.09. The van der Waals surface area contributed by atoms with Crippen LogP contribution in [0.15, 0.2) is 43.0 Å². The van der Waals surface area contributed by atoms with Gasteiger partial charge in [-0.1, -0.05) is 18.2 Å². The van der Waals surface area contributed by atoms with E-state index in [4.69, 9.17) is 10.8 Å². The summed E-state index contributed by atoms with van der Waals surface area (Å²) in [6, 6.07) is 1.81. The number of carbonyl (C=O) groups is 5. The van der Waals surface area contributed by atoms with Crippen LogP contribution in [0.25, 0.3) is 10.9 Å². The van der Waals surface area contributed by atoms with Crippen LogP contribution in [0.5, 0.6) is 0 Å². The van der Waals surface area contributed by atoms with Crippen molar-refractivity contribution in [2.45, 2.75) is 49.9 Å². The number of hydrogen-bond donors (Lipinski definition) is 9. The molecule has 0 bridgehead atoms. The Morgan fingerprint density at radius 3 is 2.23 bits per heavy atom. The molecule has 4 atom stereocenters. The molecule has 2 heterocycles. The Balaban J connectivity index is 1.82. The minimum Gasteiger partial charge on any atom is -0.481 e. The second kappa shape index (κ2) is 13.9. The van der Waals surface area contributed by atoms with E-state index in [9.17, 15) is 34.2 Å². The number of fused-ring (bicyclic) bond motifs is 1. The van der Waals surface area contributed by atoms with E-state index in [1.165, 1.54) is 12.5 Å². The number of hydrogen-bond acceptors (Lipinski definition) is 8. The fourth-order valence-electron chi connectivity index (χ4n) is 3.99. The van der Waals surface area contributed by atoms with Gasteiger partial charge in [0.15, 0.2) is 0 Å². The molecular weight excluding hydrogens is 526 g/mol. The van der Waals surface area contributed by atoms with E-state index < -0.39 is 66.9 Å². The maximum atomic E-state index is 13.4. The second-order valence-corrected chi connectivity index (χ2v) is 9.09. The van der Waals surface area contributed by atoms with Crippen LogP contribution < -0.4 is 21.7 Å². The van der Waals surface area contributed by atoms with Crippen molar-refractivity contribution in [2.24, 2.45) is 5.73 Å². The largest absolute Gasteiger partial charge is 0.481 e. The summed E-state index contributed by atoms with van der Waals surface area (Å²) in [6.07, 6.45) is 3.35. The minimum atomic E-state index is -1.44. The normalized spacial score (nSPS) is 14.1. The first-order chi connectivity index (χ1) is 19.1. The van der Waals surface area contributed by atoms with Gasteiger partial charge < -0.3 is 47.0 Å². The Morgan fingerprint density at radius 1 is 0.900 bits per heavy atom. The van der Waals surface area contributed by atoms with E-state index in [0.717, 1.165) is 10.9 Å². The van der Waals surface area contributed by atoms with Gasteiger partial charge in [-0.15, -0.1) is 0 Å². The number of carboxylic acids is 2. The molecule has 0 aliphatic carbocycles. The lowest BCUT2D eigenvalue weighted by Crippen LogP contribution is -2.58. The summed E-state index contributed by atoms with van der Waals surface area (Å²) in [6.45, 7) is -0.677. The van der Waals surface area contributed by atoms with Crippen molar-refractivity contribution in [1.82, 2.24) is 30.9 Å². The average Bonchev–Trinajstić information content (AvgIpc) is 3.59. The summed E-state index contributed by atoms with van der Waals surface area (Å²) in [5.41, 5.74) is 7.48. The summed E-state index contributed by atoms with van der Waals surface area (Å²) in [4.78, 5) is 71.5. The molecule has 2 aromatic heterocycles. The van der Waals surface area contributed by atoms with Gasteiger partial charge in [0.2, 0.25) is 17.7 Å². The van der Waals surface area contributed by atoms with Crippen molar-refractivity contribution in [3.05, 3.63) is 54.2 Å². The number of aromatic amines is 2. The van der Waals surface area contributed by atoms with Gasteiger partial charge in [-0.05, 0) is 18.1 Å². The van der Waals surface area contributed by atoms with Crippen LogP contribution in [0.1, 0.15) is 24.1 Å². The zero-order valence-corrected chi connectivity index (χ0v) is 21.3. The molecule has 10 N–H and O–H groups in total. The third kappa shape index (κ3) is 8.12. The number of nitrogens with two attached hydrogens (primary N) is 1. The van der Waals surface area contributed by atoms with E-state index >= 15 is 0 Å². The van der Waals surface area contributed by atoms with Crippen molar-refractivity contribution in [3.63, 3.8) is 0 Å². The highest BCUT2D eigenvalue weighted by Crippen LogP contribution is 2.19. The molecule has 0 aliphatic heterocycles. The average molecular weight is 558 g/mol. The topological polar surface area (TPSA) is 253 Å². The number of benzene rings is 1. The quantitative estimate of drug-likeness (QED) is 0.103. The molecule has 0 radical (unpaired) electrons. The third-order valence-corrected chi connectivity index (χ3v) is 6.14. The lowest BCUT2D eigenvalue weighted by molar-refractivity contribution is -0.143. The van der Waals surface area contributed by atoms with Gasteiger partial charge in [0, 0.05) is 48.3 Å². The van der Waals surface area contributed by atoms with E-state index in [0.29, 0.717) is 11.3 Å². The smallest absolute Gasteiger partial charge is 0.326 e. The number of para-hydroxylation sites is 1. The summed E-state index contributed by atoms with van der Waals surface area (Å²) >= 11 is 0. The molecule has 0 fully saturated rings. The molecule has 4 unspecified atom stereocenters. The molecule has 3 rings (SSSR count). The van der Waals surface area contributed by atoms with Gasteiger partial charge in [0.1, 0.15) is 24.2 Å². The van der Waals surface area contributed by atoms with Crippen LogP contribution in [0, 0.1) is 0 Å². The van der Waals surface area contributed by atoms with E-state index in [1.54, 1.807) is 12.3 Å². The number of imidazole rings is 1. The Hall–Kier alpha value is -4.76. The maximum Gasteiger partial charge on any atom is 0.326 e. The molecule has 0 saturated carbocycles. The molecule has 0 saturated heterocycles. The highest BCUT2D eigenvalue weighted by Gasteiger charge is 2.31. The molecule has 40 heavy (non-hydrogen) atoms. The van der Waals surface area contributed by atoms with Gasteiger partial charge in [-0.25, -0.2) is 9.78 Å². The highest BCUT2D eigenvalue weighted by molar-refractivity contribution is 5.95. The molecule has 3 amide bonds. The molecule has 15 heteroatoms. The first-order valence-corrected chi connectivity index (χ1v) is 12.3. The summed E-state index contributed by atoms with van der Waals surface area (Å²) < 4.78 is 0. The summed E-state index contributed by atoms with van der Waals surface area (Å²) in [5.74, 6) is -5.18. The number of carbonyl (C=O) groups excluding carboxylic acids is 3. The number of nitrogens with one attached hydrogen (secondary N) is 5. The Bertz CT molecular complexity index is 1340. The van der Waals surface area contributed by atoms with Gasteiger partial charge in [-0.3, -0.25) is 19.2 Å². The number of H-pyrrole nitrogens is 2. The molecule has 3 aromatic rings. The van der Waals surface area contributed by atoms with E-state index in [-0.39, 0.29) is 19.3 Å². The standard InChI is InChI=1S/C25H31N7O8/c26-16(11-33)22(36)31-19(7-13-9-28-17-4-2-1-3-15(13)17)24(38)30-18(5-6-21(34)35)23(37)32-20(25(39)40)8-14-10-27-12-29-14/h1-4,9-10,12,16,18-20,28,33H,5-8,11,26H2,(H,27,29)(H,30,38)(H,31,36)(H,32,37)(H,34,35)(H,39,40). The number of aromatic nitrogens is 3. The van der Waals surface area contributed by atoms with Crippen LogP contribution in [0.2, 0.25) is 0 Å². The molecule has 1 aromatic carbocycles. The monoisotopic (exact) mass is 557 g/mol. The fourth-order valence-corrected chi connectivity index (χ4v) is 3.99. The van der Waals surface area contributed by atoms with Crippen molar-refractivity contribution in [1.29, 1.82) is 0 Å². The van der Waals surface area contributed by atoms with Crippen LogP contribution in [-0.4, -0.2) is 90.7 Å². The number of aliphatic hydroxyl groups is 1. The van der Waals surface area contributed by atoms with Crippen molar-refractivity contribution in [2.75, 3.05) is 6.61 Å². The zero-order chi connectivity index (χ0) is 29.2. The number of nitrogens with zero attached hydrogens (tertiary/aromatic N) is 1. The van der Waals surface area contributed by atoms with Crippen LogP contribution in [0.3, 0.4) is 0 Å². The summed E-state index contributed by atoms with van der Waals surface area (Å²) in [7, 11) is 0. The predicted molar refractivity (Wildman–Crippen MR) is 140 cm³/mol. The third-order valence-electron chi connectivity index (χ3n) is 6.14. The van der Waals surface area contributed by atoms with E-state index in [1.807, 2.05) is 18.2 Å². The van der Waals surface area contributed by atoms with Crippen molar-refractivity contribution in [3.8, 4) is 0 Å². The number of carboxylic acid groups (broad SMARTS) is 2. The zero-order valence-electron chi connectivity index (χ0n) is 21.3. The first-order valence-electron chi connectivity index (χ1n) is 12.3. The molecule has 214 valence electrons. The molecule has 0 spiro atoms. The lowest BCUT2D eigenvalue weighted by Gasteiger charge is -2.25. The Kier molecular flexibility index (Phi) is 10.3. The van der Waals surface area contributed by atoms with Crippen LogP contribution in [0.4, 0.5) is 0 Å².